The van der Waals surface area contributed by atoms with Crippen molar-refractivity contribution in [2.45, 2.75) is 181 Å². The zero-order chi connectivity index (χ0) is 22.4. The van der Waals surface area contributed by atoms with E-state index in [1.54, 1.807) is 0 Å². The van der Waals surface area contributed by atoms with Crippen molar-refractivity contribution in [2.24, 2.45) is 0 Å². The summed E-state index contributed by atoms with van der Waals surface area (Å²) < 4.78 is 0. The van der Waals surface area contributed by atoms with Gasteiger partial charge in [-0.25, -0.2) is 0 Å². The second kappa shape index (κ2) is 37.8. The summed E-state index contributed by atoms with van der Waals surface area (Å²) in [4.78, 5) is 0. The zero-order valence-corrected chi connectivity index (χ0v) is 23.1. The molecule has 0 N–H and O–H groups in total. The number of unbranched alkanes of at least 4 members (excludes halogenated alkanes) is 24. The van der Waals surface area contributed by atoms with E-state index in [0.717, 1.165) is 12.8 Å². The Kier molecular flexibility index (Phi) is 44.0. The minimum absolute atomic E-state index is 0. The summed E-state index contributed by atoms with van der Waals surface area (Å²) in [5.74, 6) is 0. The molecule has 0 spiro atoms. The molecule has 0 aliphatic rings. The Hall–Kier alpha value is 0.494. The van der Waals surface area contributed by atoms with Gasteiger partial charge in [-0.3, -0.25) is 0 Å². The summed E-state index contributed by atoms with van der Waals surface area (Å²) in [6.07, 6.45) is 36.7. The van der Waals surface area contributed by atoms with Crippen LogP contribution in [-0.2, 0) is 16.5 Å². The van der Waals surface area contributed by atoms with Crippen molar-refractivity contribution < 1.29 is 16.5 Å². The predicted molar refractivity (Wildman–Crippen MR) is 142 cm³/mol. The van der Waals surface area contributed by atoms with E-state index in [0.29, 0.717) is 0 Å². The van der Waals surface area contributed by atoms with Gasteiger partial charge in [-0.05, 0) is 0 Å². The Morgan fingerprint density at radius 3 is 0.613 bits per heavy atom. The normalized spacial score (nSPS) is 10.5. The fourth-order valence-electron chi connectivity index (χ4n) is 4.04. The van der Waals surface area contributed by atoms with Crippen molar-refractivity contribution in [3.8, 4) is 0 Å². The maximum atomic E-state index is 3.87. The molecular weight excluding hydrogens is 419 g/mol. The summed E-state index contributed by atoms with van der Waals surface area (Å²) in [5, 5.41) is 0. The van der Waals surface area contributed by atoms with E-state index in [1.807, 2.05) is 0 Å². The summed E-state index contributed by atoms with van der Waals surface area (Å²) in [7, 11) is 0. The molecule has 192 valence electrons. The number of hydrogen-bond donors (Lipinski definition) is 0. The molecule has 0 bridgehead atoms. The molecule has 0 rings (SSSR count). The Bertz CT molecular complexity index is 201. The van der Waals surface area contributed by atoms with Gasteiger partial charge in [-0.15, -0.1) is 0 Å². The average Bonchev–Trinajstić information content (AvgIpc) is 2.76. The Morgan fingerprint density at radius 2 is 0.452 bits per heavy atom. The minimum atomic E-state index is 0. The first-order valence-electron chi connectivity index (χ1n) is 14.4. The number of hydrogen-bond acceptors (Lipinski definition) is 0. The second-order valence-electron chi connectivity index (χ2n) is 9.49. The van der Waals surface area contributed by atoms with Crippen molar-refractivity contribution in [1.29, 1.82) is 0 Å². The molecule has 0 aromatic heterocycles. The third kappa shape index (κ3) is 41.3. The Labute approximate surface area is 210 Å². The van der Waals surface area contributed by atoms with Crippen LogP contribution in [0.2, 0.25) is 0 Å². The molecular formula is C30H62Ni. The molecule has 0 atom stereocenters. The minimum Gasteiger partial charge on any atom is -0.343 e. The van der Waals surface area contributed by atoms with Crippen LogP contribution >= 0.6 is 0 Å². The third-order valence-electron chi connectivity index (χ3n) is 6.21. The molecule has 0 unspecified atom stereocenters. The molecule has 0 radical (unpaired) electrons. The van der Waals surface area contributed by atoms with Crippen molar-refractivity contribution in [2.75, 3.05) is 0 Å². The smallest absolute Gasteiger partial charge is 0.343 e. The fraction of sp³-hybridized carbons (Fsp3) is 0.933. The van der Waals surface area contributed by atoms with Gasteiger partial charge >= 0.3 is 16.5 Å². The maximum Gasteiger partial charge on any atom is 2.00 e. The quantitative estimate of drug-likeness (QED) is 0.0730. The zero-order valence-electron chi connectivity index (χ0n) is 22.1. The van der Waals surface area contributed by atoms with Crippen molar-refractivity contribution in [1.82, 2.24) is 0 Å². The average molecular weight is 482 g/mol. The van der Waals surface area contributed by atoms with E-state index in [1.165, 1.54) is 154 Å². The van der Waals surface area contributed by atoms with Gasteiger partial charge in [0.15, 0.2) is 0 Å². The first-order chi connectivity index (χ1) is 14.8. The van der Waals surface area contributed by atoms with Gasteiger partial charge in [-0.2, -0.15) is 12.8 Å². The van der Waals surface area contributed by atoms with Crippen molar-refractivity contribution >= 4 is 0 Å². The van der Waals surface area contributed by atoms with Crippen LogP contribution in [0.5, 0.6) is 0 Å². The topological polar surface area (TPSA) is 0 Å². The van der Waals surface area contributed by atoms with E-state index in [4.69, 9.17) is 0 Å². The summed E-state index contributed by atoms with van der Waals surface area (Å²) in [5.41, 5.74) is 0. The molecule has 0 saturated heterocycles. The van der Waals surface area contributed by atoms with Crippen LogP contribution in [0.25, 0.3) is 0 Å². The molecule has 0 amide bonds. The molecule has 0 aromatic carbocycles. The van der Waals surface area contributed by atoms with E-state index >= 15 is 0 Å². The van der Waals surface area contributed by atoms with Crippen LogP contribution in [0.4, 0.5) is 0 Å². The van der Waals surface area contributed by atoms with E-state index in [2.05, 4.69) is 27.7 Å². The van der Waals surface area contributed by atoms with E-state index in [-0.39, 0.29) is 16.5 Å². The van der Waals surface area contributed by atoms with Gasteiger partial charge in [0.05, 0.1) is 0 Å². The largest absolute Gasteiger partial charge is 2.00 e. The van der Waals surface area contributed by atoms with Crippen LogP contribution in [0, 0.1) is 13.8 Å². The summed E-state index contributed by atoms with van der Waals surface area (Å²) in [6, 6.07) is 0. The van der Waals surface area contributed by atoms with Crippen molar-refractivity contribution in [3.63, 3.8) is 0 Å². The first kappa shape index (κ1) is 36.1. The predicted octanol–water partition coefficient (Wildman–Crippen LogP) is 11.8. The molecule has 31 heavy (non-hydrogen) atoms. The summed E-state index contributed by atoms with van der Waals surface area (Å²) >= 11 is 0. The Morgan fingerprint density at radius 1 is 0.290 bits per heavy atom. The monoisotopic (exact) mass is 480 g/mol. The van der Waals surface area contributed by atoms with Gasteiger partial charge in [0, 0.05) is 0 Å². The molecule has 0 aromatic rings. The van der Waals surface area contributed by atoms with Crippen LogP contribution in [-0.4, -0.2) is 0 Å². The molecule has 0 fully saturated rings. The van der Waals surface area contributed by atoms with Crippen LogP contribution in [0.15, 0.2) is 0 Å². The van der Waals surface area contributed by atoms with E-state index < -0.39 is 0 Å². The van der Waals surface area contributed by atoms with Crippen LogP contribution < -0.4 is 0 Å². The van der Waals surface area contributed by atoms with Gasteiger partial charge < -0.3 is 13.8 Å². The molecule has 0 heterocycles. The van der Waals surface area contributed by atoms with E-state index in [9.17, 15) is 0 Å². The van der Waals surface area contributed by atoms with Gasteiger partial charge in [0.1, 0.15) is 0 Å². The third-order valence-corrected chi connectivity index (χ3v) is 6.21. The SMILES string of the molecule is [CH2-]CCCCCCCCCCCCCC.[CH2-]CCCCCCCCCCCCCC.[Ni+2]. The first-order valence-corrected chi connectivity index (χ1v) is 14.4. The van der Waals surface area contributed by atoms with Gasteiger partial charge in [0.25, 0.3) is 0 Å². The number of rotatable bonds is 24. The van der Waals surface area contributed by atoms with Crippen LogP contribution in [0.3, 0.4) is 0 Å². The Balaban J connectivity index is -0.000000490. The standard InChI is InChI=1S/2C15H31.Ni/c2*1-3-5-7-9-11-13-15-14-12-10-8-6-4-2;/h2*1,3-15H2,2H3;/q2*-1;+2. The van der Waals surface area contributed by atoms with Gasteiger partial charge in [-0.1, -0.05) is 168 Å². The fourth-order valence-corrected chi connectivity index (χ4v) is 4.04. The molecule has 0 saturated carbocycles. The van der Waals surface area contributed by atoms with Crippen molar-refractivity contribution in [3.05, 3.63) is 13.8 Å². The molecule has 0 aliphatic carbocycles. The maximum absolute atomic E-state index is 3.87. The van der Waals surface area contributed by atoms with Gasteiger partial charge in [0.2, 0.25) is 0 Å². The van der Waals surface area contributed by atoms with Crippen LogP contribution in [0.1, 0.15) is 181 Å². The summed E-state index contributed by atoms with van der Waals surface area (Å²) in [6.45, 7) is 12.3. The molecule has 0 aliphatic heterocycles. The molecule has 1 heteroatoms. The second-order valence-corrected chi connectivity index (χ2v) is 9.49. The molecule has 0 nitrogen and oxygen atoms in total.